The summed E-state index contributed by atoms with van der Waals surface area (Å²) in [6, 6.07) is 4.20. The molecule has 0 radical (unpaired) electrons. The molecule has 0 unspecified atom stereocenters. The fraction of sp³-hybridized carbons (Fsp3) is 0.400. The fourth-order valence-corrected chi connectivity index (χ4v) is 4.10. The summed E-state index contributed by atoms with van der Waals surface area (Å²) in [5.74, 6) is 0.834. The first-order valence-corrected chi connectivity index (χ1v) is 9.23. The van der Waals surface area contributed by atoms with Crippen LogP contribution in [0.1, 0.15) is 28.8 Å². The standard InChI is InChI=1S/C15H18Br2N2OS/c1-3-4-18-7-11-5-13(16)15(14(17)6-11)20-9-12-8-19-10(2)21-12/h5-6,8,18H,3-4,7,9H2,1-2H3. The Morgan fingerprint density at radius 1 is 1.29 bits per heavy atom. The Balaban J connectivity index is 2.02. The van der Waals surface area contributed by atoms with E-state index in [1.54, 1.807) is 11.3 Å². The highest BCUT2D eigenvalue weighted by Crippen LogP contribution is 2.35. The average molecular weight is 434 g/mol. The van der Waals surface area contributed by atoms with Gasteiger partial charge in [-0.3, -0.25) is 0 Å². The molecule has 0 amide bonds. The Bertz CT molecular complexity index is 578. The van der Waals surface area contributed by atoms with E-state index in [2.05, 4.69) is 61.2 Å². The van der Waals surface area contributed by atoms with Crippen molar-refractivity contribution in [2.75, 3.05) is 6.54 Å². The minimum atomic E-state index is 0.538. The number of thiazole rings is 1. The SMILES string of the molecule is CCCNCc1cc(Br)c(OCc2cnc(C)s2)c(Br)c1. The topological polar surface area (TPSA) is 34.1 Å². The van der Waals surface area contributed by atoms with E-state index in [0.717, 1.165) is 44.1 Å². The molecule has 2 aromatic rings. The number of hydrogen-bond acceptors (Lipinski definition) is 4. The van der Waals surface area contributed by atoms with Crippen molar-refractivity contribution in [1.29, 1.82) is 0 Å². The van der Waals surface area contributed by atoms with Crippen molar-refractivity contribution < 1.29 is 4.74 Å². The van der Waals surface area contributed by atoms with E-state index in [1.165, 1.54) is 5.56 Å². The van der Waals surface area contributed by atoms with Crippen molar-refractivity contribution in [3.63, 3.8) is 0 Å². The largest absolute Gasteiger partial charge is 0.486 e. The Morgan fingerprint density at radius 2 is 2.00 bits per heavy atom. The summed E-state index contributed by atoms with van der Waals surface area (Å²) in [6.07, 6.45) is 3.00. The maximum atomic E-state index is 5.90. The number of aryl methyl sites for hydroxylation is 1. The predicted octanol–water partition coefficient (Wildman–Crippen LogP) is 5.06. The van der Waals surface area contributed by atoms with Crippen LogP contribution in [0.5, 0.6) is 5.75 Å². The van der Waals surface area contributed by atoms with Crippen LogP contribution >= 0.6 is 43.2 Å². The van der Waals surface area contributed by atoms with Gasteiger partial charge >= 0.3 is 0 Å². The van der Waals surface area contributed by atoms with Gasteiger partial charge in [-0.15, -0.1) is 11.3 Å². The number of aromatic nitrogens is 1. The van der Waals surface area contributed by atoms with Crippen LogP contribution in [0.4, 0.5) is 0 Å². The predicted molar refractivity (Wildman–Crippen MR) is 95.0 cm³/mol. The molecule has 21 heavy (non-hydrogen) atoms. The highest BCUT2D eigenvalue weighted by Gasteiger charge is 2.10. The number of nitrogens with zero attached hydrogens (tertiary/aromatic N) is 1. The molecule has 6 heteroatoms. The normalized spacial score (nSPS) is 10.9. The molecule has 1 heterocycles. The van der Waals surface area contributed by atoms with Gasteiger partial charge in [-0.2, -0.15) is 0 Å². The third-order valence-corrected chi connectivity index (χ3v) is 4.91. The van der Waals surface area contributed by atoms with E-state index in [1.807, 2.05) is 13.1 Å². The molecular weight excluding hydrogens is 416 g/mol. The van der Waals surface area contributed by atoms with Gasteiger partial charge in [0.1, 0.15) is 12.4 Å². The van der Waals surface area contributed by atoms with E-state index in [-0.39, 0.29) is 0 Å². The zero-order chi connectivity index (χ0) is 15.2. The van der Waals surface area contributed by atoms with E-state index in [9.17, 15) is 0 Å². The van der Waals surface area contributed by atoms with Crippen LogP contribution in [-0.2, 0) is 13.2 Å². The molecule has 0 aliphatic carbocycles. The molecule has 0 atom stereocenters. The summed E-state index contributed by atoms with van der Waals surface area (Å²) in [7, 11) is 0. The Morgan fingerprint density at radius 3 is 2.57 bits per heavy atom. The molecule has 1 N–H and O–H groups in total. The van der Waals surface area contributed by atoms with Crippen molar-refractivity contribution in [1.82, 2.24) is 10.3 Å². The van der Waals surface area contributed by atoms with Crippen molar-refractivity contribution in [2.45, 2.75) is 33.4 Å². The Kier molecular flexibility index (Phi) is 6.67. The highest BCUT2D eigenvalue weighted by molar-refractivity contribution is 9.11. The lowest BCUT2D eigenvalue weighted by molar-refractivity contribution is 0.305. The lowest BCUT2D eigenvalue weighted by Gasteiger charge is -2.12. The van der Waals surface area contributed by atoms with Crippen LogP contribution in [0.25, 0.3) is 0 Å². The number of benzene rings is 1. The number of hydrogen-bond donors (Lipinski definition) is 1. The molecule has 3 nitrogen and oxygen atoms in total. The first kappa shape index (κ1) is 16.9. The summed E-state index contributed by atoms with van der Waals surface area (Å²) in [6.45, 7) is 6.59. The molecule has 0 saturated heterocycles. The molecule has 1 aromatic heterocycles. The summed E-state index contributed by atoms with van der Waals surface area (Å²) in [5.41, 5.74) is 1.23. The minimum Gasteiger partial charge on any atom is -0.486 e. The molecule has 0 bridgehead atoms. The van der Waals surface area contributed by atoms with Gasteiger partial charge in [-0.05, 0) is 69.4 Å². The van der Waals surface area contributed by atoms with Gasteiger partial charge in [0.2, 0.25) is 0 Å². The van der Waals surface area contributed by atoms with Crippen molar-refractivity contribution >= 4 is 43.2 Å². The summed E-state index contributed by atoms with van der Waals surface area (Å²) < 4.78 is 7.83. The third-order valence-electron chi connectivity index (χ3n) is 2.84. The van der Waals surface area contributed by atoms with Gasteiger partial charge in [0, 0.05) is 12.7 Å². The molecule has 2 rings (SSSR count). The smallest absolute Gasteiger partial charge is 0.148 e. The molecule has 114 valence electrons. The monoisotopic (exact) mass is 432 g/mol. The average Bonchev–Trinajstić information content (AvgIpc) is 2.84. The van der Waals surface area contributed by atoms with E-state index in [4.69, 9.17) is 4.74 Å². The second kappa shape index (κ2) is 8.27. The second-order valence-electron chi connectivity index (χ2n) is 4.70. The molecule has 0 aliphatic heterocycles. The molecule has 0 saturated carbocycles. The summed E-state index contributed by atoms with van der Waals surface area (Å²) in [4.78, 5) is 5.36. The van der Waals surface area contributed by atoms with Gasteiger partial charge in [-0.25, -0.2) is 4.98 Å². The van der Waals surface area contributed by atoms with Crippen molar-refractivity contribution in [2.24, 2.45) is 0 Å². The first-order chi connectivity index (χ1) is 10.1. The number of nitrogens with one attached hydrogen (secondary N) is 1. The highest BCUT2D eigenvalue weighted by atomic mass is 79.9. The number of halogens is 2. The summed E-state index contributed by atoms with van der Waals surface area (Å²) >= 11 is 8.84. The lowest BCUT2D eigenvalue weighted by Crippen LogP contribution is -2.13. The third kappa shape index (κ3) is 5.06. The molecule has 0 fully saturated rings. The summed E-state index contributed by atoms with van der Waals surface area (Å²) in [5, 5.41) is 4.46. The van der Waals surface area contributed by atoms with Gasteiger partial charge in [-0.1, -0.05) is 6.92 Å². The van der Waals surface area contributed by atoms with Crippen LogP contribution in [0.2, 0.25) is 0 Å². The zero-order valence-electron chi connectivity index (χ0n) is 12.1. The van der Waals surface area contributed by atoms with Crippen molar-refractivity contribution in [3.8, 4) is 5.75 Å². The van der Waals surface area contributed by atoms with Gasteiger partial charge in [0.15, 0.2) is 0 Å². The van der Waals surface area contributed by atoms with Crippen molar-refractivity contribution in [3.05, 3.63) is 42.7 Å². The minimum absolute atomic E-state index is 0.538. The number of rotatable bonds is 7. The zero-order valence-corrected chi connectivity index (χ0v) is 16.1. The molecular formula is C15H18Br2N2OS. The van der Waals surface area contributed by atoms with Crippen LogP contribution in [0.15, 0.2) is 27.3 Å². The van der Waals surface area contributed by atoms with Crippen LogP contribution in [-0.4, -0.2) is 11.5 Å². The Labute approximate surface area is 146 Å². The maximum Gasteiger partial charge on any atom is 0.148 e. The lowest BCUT2D eigenvalue weighted by atomic mass is 10.2. The maximum absolute atomic E-state index is 5.90. The first-order valence-electron chi connectivity index (χ1n) is 6.83. The van der Waals surface area contributed by atoms with E-state index < -0.39 is 0 Å². The quantitative estimate of drug-likeness (QED) is 0.620. The van der Waals surface area contributed by atoms with Gasteiger partial charge in [0.05, 0.1) is 18.8 Å². The Hall–Kier alpha value is -0.430. The number of ether oxygens (including phenoxy) is 1. The van der Waals surface area contributed by atoms with Crippen LogP contribution in [0, 0.1) is 6.92 Å². The molecule has 0 spiro atoms. The van der Waals surface area contributed by atoms with Crippen LogP contribution in [0.3, 0.4) is 0 Å². The second-order valence-corrected chi connectivity index (χ2v) is 7.73. The van der Waals surface area contributed by atoms with E-state index >= 15 is 0 Å². The molecule has 0 aliphatic rings. The molecule has 1 aromatic carbocycles. The fourth-order valence-electron chi connectivity index (χ4n) is 1.88. The van der Waals surface area contributed by atoms with Gasteiger partial charge in [0.25, 0.3) is 0 Å². The van der Waals surface area contributed by atoms with Crippen LogP contribution < -0.4 is 10.1 Å². The van der Waals surface area contributed by atoms with E-state index in [0.29, 0.717) is 6.61 Å². The van der Waals surface area contributed by atoms with Gasteiger partial charge < -0.3 is 10.1 Å².